The van der Waals surface area contributed by atoms with E-state index in [9.17, 15) is 9.59 Å². The Hall–Kier alpha value is -2.65. The van der Waals surface area contributed by atoms with Crippen LogP contribution >= 0.6 is 27.3 Å². The number of rotatable bonds is 7. The second-order valence-corrected chi connectivity index (χ2v) is 9.50. The minimum atomic E-state index is -0.629. The SMILES string of the molecule is COC(=O)c1sc(-c2cnn(Cc3ccccc3)c2)c(Br)c1OCC(=O)OC(C)(C)C. The molecule has 0 aliphatic heterocycles. The molecule has 0 saturated heterocycles. The van der Waals surface area contributed by atoms with Gasteiger partial charge >= 0.3 is 11.9 Å². The lowest BCUT2D eigenvalue weighted by atomic mass is 10.2. The molecule has 0 aliphatic rings. The Morgan fingerprint density at radius 2 is 1.90 bits per heavy atom. The van der Waals surface area contributed by atoms with Crippen LogP contribution in [-0.4, -0.2) is 41.0 Å². The fraction of sp³-hybridized carbons (Fsp3) is 0.318. The van der Waals surface area contributed by atoms with E-state index in [1.807, 2.05) is 41.2 Å². The smallest absolute Gasteiger partial charge is 0.351 e. The fourth-order valence-corrected chi connectivity index (χ4v) is 4.72. The van der Waals surface area contributed by atoms with E-state index in [4.69, 9.17) is 14.2 Å². The van der Waals surface area contributed by atoms with Crippen molar-refractivity contribution in [2.45, 2.75) is 32.9 Å². The van der Waals surface area contributed by atoms with Crippen molar-refractivity contribution in [2.75, 3.05) is 13.7 Å². The molecule has 0 saturated carbocycles. The van der Waals surface area contributed by atoms with Crippen LogP contribution in [0.25, 0.3) is 10.4 Å². The summed E-state index contributed by atoms with van der Waals surface area (Å²) in [5, 5.41) is 4.42. The summed E-state index contributed by atoms with van der Waals surface area (Å²) in [7, 11) is 1.30. The molecule has 0 fully saturated rings. The van der Waals surface area contributed by atoms with E-state index in [1.54, 1.807) is 27.0 Å². The lowest BCUT2D eigenvalue weighted by Crippen LogP contribution is -2.27. The molecular weight excluding hydrogens is 484 g/mol. The van der Waals surface area contributed by atoms with Gasteiger partial charge in [0.1, 0.15) is 5.60 Å². The number of hydrogen-bond acceptors (Lipinski definition) is 7. The van der Waals surface area contributed by atoms with Crippen LogP contribution in [0.3, 0.4) is 0 Å². The maximum atomic E-state index is 12.3. The van der Waals surface area contributed by atoms with Gasteiger partial charge in [-0.3, -0.25) is 4.68 Å². The summed E-state index contributed by atoms with van der Waals surface area (Å²) in [4.78, 5) is 25.4. The molecule has 7 nitrogen and oxygen atoms in total. The van der Waals surface area contributed by atoms with Crippen molar-refractivity contribution in [3.8, 4) is 16.2 Å². The largest absolute Gasteiger partial charge is 0.479 e. The first-order valence-electron chi connectivity index (χ1n) is 9.50. The number of methoxy groups -OCH3 is 1. The number of benzene rings is 1. The van der Waals surface area contributed by atoms with Gasteiger partial charge in [0.25, 0.3) is 0 Å². The average Bonchev–Trinajstić information content (AvgIpc) is 3.29. The van der Waals surface area contributed by atoms with Crippen LogP contribution in [-0.2, 0) is 20.8 Å². The van der Waals surface area contributed by atoms with Gasteiger partial charge in [-0.25, -0.2) is 9.59 Å². The van der Waals surface area contributed by atoms with Crippen molar-refractivity contribution < 1.29 is 23.8 Å². The van der Waals surface area contributed by atoms with E-state index in [1.165, 1.54) is 18.4 Å². The Morgan fingerprint density at radius 1 is 1.19 bits per heavy atom. The molecule has 0 amide bonds. The van der Waals surface area contributed by atoms with Crippen LogP contribution in [0.2, 0.25) is 0 Å². The van der Waals surface area contributed by atoms with Crippen molar-refractivity contribution in [2.24, 2.45) is 0 Å². The lowest BCUT2D eigenvalue weighted by molar-refractivity contribution is -0.157. The molecule has 164 valence electrons. The zero-order valence-corrected chi connectivity index (χ0v) is 20.1. The molecule has 3 aromatic rings. The number of halogens is 1. The monoisotopic (exact) mass is 506 g/mol. The number of carbonyl (C=O) groups excluding carboxylic acids is 2. The van der Waals surface area contributed by atoms with E-state index < -0.39 is 17.5 Å². The first-order chi connectivity index (χ1) is 14.7. The Balaban J connectivity index is 1.85. The minimum Gasteiger partial charge on any atom is -0.479 e. The van der Waals surface area contributed by atoms with Gasteiger partial charge in [0.05, 0.1) is 29.2 Å². The molecule has 0 bridgehead atoms. The van der Waals surface area contributed by atoms with Crippen LogP contribution in [0.15, 0.2) is 47.2 Å². The quantitative estimate of drug-likeness (QED) is 0.422. The van der Waals surface area contributed by atoms with E-state index in [-0.39, 0.29) is 17.2 Å². The second-order valence-electron chi connectivity index (χ2n) is 7.68. The maximum absolute atomic E-state index is 12.3. The Morgan fingerprint density at radius 3 is 2.55 bits per heavy atom. The molecule has 0 aliphatic carbocycles. The van der Waals surface area contributed by atoms with Gasteiger partial charge in [0, 0.05) is 11.8 Å². The molecule has 9 heteroatoms. The summed E-state index contributed by atoms with van der Waals surface area (Å²) < 4.78 is 18.2. The Labute approximate surface area is 193 Å². The van der Waals surface area contributed by atoms with Crippen molar-refractivity contribution in [3.63, 3.8) is 0 Å². The standard InChI is InChI=1S/C22H23BrN2O5S/c1-22(2,3)30-16(26)13-29-18-17(23)19(31-20(18)21(27)28-4)15-10-24-25(12-15)11-14-8-6-5-7-9-14/h5-10,12H,11,13H2,1-4H3. The zero-order chi connectivity index (χ0) is 22.6. The molecule has 2 heterocycles. The second kappa shape index (κ2) is 9.65. The Bertz CT molecular complexity index is 1070. The van der Waals surface area contributed by atoms with Gasteiger partial charge in [-0.05, 0) is 42.3 Å². The molecule has 0 spiro atoms. The summed E-state index contributed by atoms with van der Waals surface area (Å²) in [6.07, 6.45) is 3.61. The number of ether oxygens (including phenoxy) is 3. The van der Waals surface area contributed by atoms with Gasteiger partial charge < -0.3 is 14.2 Å². The van der Waals surface area contributed by atoms with E-state index in [0.29, 0.717) is 11.0 Å². The third kappa shape index (κ3) is 5.95. The van der Waals surface area contributed by atoms with Gasteiger partial charge in [-0.1, -0.05) is 30.3 Å². The van der Waals surface area contributed by atoms with Crippen molar-refractivity contribution >= 4 is 39.2 Å². The summed E-state index contributed by atoms with van der Waals surface area (Å²) in [6, 6.07) is 9.98. The third-order valence-electron chi connectivity index (χ3n) is 4.02. The first kappa shape index (κ1) is 23.0. The first-order valence-corrected chi connectivity index (χ1v) is 11.1. The van der Waals surface area contributed by atoms with Crippen LogP contribution in [0, 0.1) is 0 Å². The topological polar surface area (TPSA) is 79.6 Å². The average molecular weight is 507 g/mol. The predicted molar refractivity (Wildman–Crippen MR) is 121 cm³/mol. The van der Waals surface area contributed by atoms with Crippen molar-refractivity contribution in [1.82, 2.24) is 9.78 Å². The molecule has 0 N–H and O–H groups in total. The molecule has 3 rings (SSSR count). The number of nitrogens with zero attached hydrogens (tertiary/aromatic N) is 2. The van der Waals surface area contributed by atoms with E-state index in [0.717, 1.165) is 16.0 Å². The van der Waals surface area contributed by atoms with Crippen LogP contribution in [0.5, 0.6) is 5.75 Å². The highest BCUT2D eigenvalue weighted by molar-refractivity contribution is 9.10. The van der Waals surface area contributed by atoms with Crippen LogP contribution in [0.1, 0.15) is 36.0 Å². The number of hydrogen-bond donors (Lipinski definition) is 0. The fourth-order valence-electron chi connectivity index (χ4n) is 2.78. The molecule has 0 atom stereocenters. The molecule has 2 aromatic heterocycles. The highest BCUT2D eigenvalue weighted by Crippen LogP contribution is 2.45. The lowest BCUT2D eigenvalue weighted by Gasteiger charge is -2.19. The Kier molecular flexibility index (Phi) is 7.17. The summed E-state index contributed by atoms with van der Waals surface area (Å²) in [5.74, 6) is -0.833. The normalized spacial score (nSPS) is 11.3. The number of carbonyl (C=O) groups is 2. The summed E-state index contributed by atoms with van der Waals surface area (Å²) in [5.41, 5.74) is 1.31. The maximum Gasteiger partial charge on any atom is 0.351 e. The molecule has 0 radical (unpaired) electrons. The number of thiophene rings is 1. The number of esters is 2. The summed E-state index contributed by atoms with van der Waals surface area (Å²) >= 11 is 4.72. The number of aromatic nitrogens is 2. The van der Waals surface area contributed by atoms with Gasteiger partial charge in [-0.2, -0.15) is 5.10 Å². The van der Waals surface area contributed by atoms with Gasteiger partial charge in [-0.15, -0.1) is 11.3 Å². The van der Waals surface area contributed by atoms with Crippen molar-refractivity contribution in [3.05, 3.63) is 57.6 Å². The molecular formula is C22H23BrN2O5S. The molecule has 31 heavy (non-hydrogen) atoms. The van der Waals surface area contributed by atoms with E-state index >= 15 is 0 Å². The van der Waals surface area contributed by atoms with Gasteiger partial charge in [0.2, 0.25) is 0 Å². The van der Waals surface area contributed by atoms with Gasteiger partial charge in [0.15, 0.2) is 17.2 Å². The highest BCUT2D eigenvalue weighted by atomic mass is 79.9. The molecule has 1 aromatic carbocycles. The van der Waals surface area contributed by atoms with Crippen LogP contribution in [0.4, 0.5) is 0 Å². The minimum absolute atomic E-state index is 0.244. The third-order valence-corrected chi connectivity index (χ3v) is 6.24. The predicted octanol–water partition coefficient (Wildman–Crippen LogP) is 4.93. The van der Waals surface area contributed by atoms with E-state index in [2.05, 4.69) is 21.0 Å². The van der Waals surface area contributed by atoms with Crippen molar-refractivity contribution in [1.29, 1.82) is 0 Å². The molecule has 0 unspecified atom stereocenters. The summed E-state index contributed by atoms with van der Waals surface area (Å²) in [6.45, 7) is 5.61. The van der Waals surface area contributed by atoms with Crippen LogP contribution < -0.4 is 4.74 Å². The zero-order valence-electron chi connectivity index (χ0n) is 17.7. The highest BCUT2D eigenvalue weighted by Gasteiger charge is 2.26.